The van der Waals surface area contributed by atoms with Crippen LogP contribution in [0.3, 0.4) is 0 Å². The molecule has 1 atom stereocenters. The van der Waals surface area contributed by atoms with Gasteiger partial charge in [-0.25, -0.2) is 4.68 Å². The van der Waals surface area contributed by atoms with Crippen molar-refractivity contribution >= 4 is 17.6 Å². The van der Waals surface area contributed by atoms with Crippen molar-refractivity contribution in [1.82, 2.24) is 9.78 Å². The smallest absolute Gasteiger partial charge is 0.303 e. The van der Waals surface area contributed by atoms with E-state index in [9.17, 15) is 9.59 Å². The predicted molar refractivity (Wildman–Crippen MR) is 79.2 cm³/mol. The van der Waals surface area contributed by atoms with Gasteiger partial charge in [-0.05, 0) is 12.5 Å². The maximum atomic E-state index is 12.4. The highest BCUT2D eigenvalue weighted by Crippen LogP contribution is 2.21. The number of rotatable bonds is 4. The largest absolute Gasteiger partial charge is 0.458 e. The third kappa shape index (κ3) is 3.70. The molecule has 0 fully saturated rings. The van der Waals surface area contributed by atoms with Gasteiger partial charge in [0, 0.05) is 6.92 Å². The van der Waals surface area contributed by atoms with Crippen molar-refractivity contribution in [2.45, 2.75) is 26.5 Å². The number of hydrogen-bond acceptors (Lipinski definition) is 4. The summed E-state index contributed by atoms with van der Waals surface area (Å²) in [7, 11) is 0. The molecule has 0 aliphatic carbocycles. The monoisotopic (exact) mass is 306 g/mol. The lowest BCUT2D eigenvalue weighted by Crippen LogP contribution is -2.29. The molecule has 0 spiro atoms. The molecule has 1 aromatic carbocycles. The van der Waals surface area contributed by atoms with Gasteiger partial charge < -0.3 is 4.74 Å². The molecule has 1 aromatic heterocycles. The molecule has 2 aromatic rings. The van der Waals surface area contributed by atoms with Gasteiger partial charge in [0.1, 0.15) is 6.10 Å². The van der Waals surface area contributed by atoms with Crippen LogP contribution in [0.4, 0.5) is 0 Å². The molecule has 0 N–H and O–H groups in total. The Morgan fingerprint density at radius 1 is 1.38 bits per heavy atom. The highest BCUT2D eigenvalue weighted by Gasteiger charge is 2.19. The third-order valence-electron chi connectivity index (χ3n) is 2.96. The minimum atomic E-state index is -0.715. The summed E-state index contributed by atoms with van der Waals surface area (Å²) in [5.41, 5.74) is 0.818. The van der Waals surface area contributed by atoms with Gasteiger partial charge >= 0.3 is 5.97 Å². The van der Waals surface area contributed by atoms with Crippen molar-refractivity contribution in [3.8, 4) is 0 Å². The first-order chi connectivity index (χ1) is 9.99. The summed E-state index contributed by atoms with van der Waals surface area (Å²) >= 11 is 6.02. The number of halogens is 1. The fourth-order valence-electron chi connectivity index (χ4n) is 2.03. The van der Waals surface area contributed by atoms with Gasteiger partial charge in [0.2, 0.25) is 0 Å². The zero-order chi connectivity index (χ0) is 15.4. The first-order valence-corrected chi connectivity index (χ1v) is 6.83. The molecule has 21 heavy (non-hydrogen) atoms. The first-order valence-electron chi connectivity index (χ1n) is 6.45. The highest BCUT2D eigenvalue weighted by molar-refractivity contribution is 6.31. The summed E-state index contributed by atoms with van der Waals surface area (Å²) in [5, 5.41) is 4.22. The molecule has 2 rings (SSSR count). The van der Waals surface area contributed by atoms with E-state index in [0.717, 1.165) is 5.56 Å². The van der Waals surface area contributed by atoms with Crippen LogP contribution in [-0.2, 0) is 16.1 Å². The molecule has 1 unspecified atom stereocenters. The van der Waals surface area contributed by atoms with Crippen molar-refractivity contribution in [2.75, 3.05) is 0 Å². The SMILES string of the molecule is CC(=O)OC(C)c1c(Cl)cnn(Cc2ccccc2)c1=O. The van der Waals surface area contributed by atoms with Gasteiger partial charge in [-0.15, -0.1) is 0 Å². The standard InChI is InChI=1S/C15H15ClN2O3/c1-10(21-11(2)19)14-13(16)8-17-18(15(14)20)9-12-6-4-3-5-7-12/h3-8,10H,9H2,1-2H3. The van der Waals surface area contributed by atoms with Crippen LogP contribution in [-0.4, -0.2) is 15.7 Å². The first kappa shape index (κ1) is 15.3. The van der Waals surface area contributed by atoms with Gasteiger partial charge in [-0.1, -0.05) is 41.9 Å². The average molecular weight is 307 g/mol. The summed E-state index contributed by atoms with van der Waals surface area (Å²) in [4.78, 5) is 23.5. The van der Waals surface area contributed by atoms with E-state index in [-0.39, 0.29) is 16.1 Å². The fourth-order valence-corrected chi connectivity index (χ4v) is 2.31. The lowest BCUT2D eigenvalue weighted by Gasteiger charge is -2.14. The van der Waals surface area contributed by atoms with Gasteiger partial charge in [-0.3, -0.25) is 9.59 Å². The Labute approximate surface area is 127 Å². The lowest BCUT2D eigenvalue weighted by molar-refractivity contribution is -0.145. The molecule has 0 bridgehead atoms. The molecule has 0 saturated carbocycles. The molecular weight excluding hydrogens is 292 g/mol. The summed E-state index contributed by atoms with van der Waals surface area (Å²) < 4.78 is 6.34. The number of carbonyl (C=O) groups is 1. The molecule has 0 amide bonds. The van der Waals surface area contributed by atoms with Crippen molar-refractivity contribution in [3.05, 3.63) is 63.0 Å². The Hall–Kier alpha value is -2.14. The van der Waals surface area contributed by atoms with Crippen LogP contribution in [0.15, 0.2) is 41.3 Å². The van der Waals surface area contributed by atoms with Crippen molar-refractivity contribution in [1.29, 1.82) is 0 Å². The molecule has 0 aliphatic rings. The predicted octanol–water partition coefficient (Wildman–Crippen LogP) is 2.57. The molecule has 5 nitrogen and oxygen atoms in total. The van der Waals surface area contributed by atoms with Crippen LogP contribution < -0.4 is 5.56 Å². The van der Waals surface area contributed by atoms with Crippen molar-refractivity contribution < 1.29 is 9.53 Å². The normalized spacial score (nSPS) is 12.0. The average Bonchev–Trinajstić information content (AvgIpc) is 2.42. The molecule has 0 radical (unpaired) electrons. The topological polar surface area (TPSA) is 61.2 Å². The zero-order valence-corrected chi connectivity index (χ0v) is 12.5. The zero-order valence-electron chi connectivity index (χ0n) is 11.7. The van der Waals surface area contributed by atoms with E-state index in [0.29, 0.717) is 6.54 Å². The maximum Gasteiger partial charge on any atom is 0.303 e. The van der Waals surface area contributed by atoms with Crippen LogP contribution in [0, 0.1) is 0 Å². The minimum Gasteiger partial charge on any atom is -0.458 e. The number of ether oxygens (including phenoxy) is 1. The Morgan fingerprint density at radius 3 is 2.67 bits per heavy atom. The van der Waals surface area contributed by atoms with Crippen molar-refractivity contribution in [3.63, 3.8) is 0 Å². The molecule has 110 valence electrons. The maximum absolute atomic E-state index is 12.4. The lowest BCUT2D eigenvalue weighted by atomic mass is 10.2. The van der Waals surface area contributed by atoms with Gasteiger partial charge in [-0.2, -0.15) is 5.10 Å². The van der Waals surface area contributed by atoms with Crippen LogP contribution >= 0.6 is 11.6 Å². The number of nitrogens with zero attached hydrogens (tertiary/aromatic N) is 2. The second-order valence-electron chi connectivity index (χ2n) is 4.61. The van der Waals surface area contributed by atoms with E-state index < -0.39 is 12.1 Å². The van der Waals surface area contributed by atoms with Gasteiger partial charge in [0.25, 0.3) is 5.56 Å². The molecule has 0 saturated heterocycles. The number of esters is 1. The second-order valence-corrected chi connectivity index (χ2v) is 5.01. The number of hydrogen-bond donors (Lipinski definition) is 0. The fraction of sp³-hybridized carbons (Fsp3) is 0.267. The molecular formula is C15H15ClN2O3. The van der Waals surface area contributed by atoms with E-state index in [4.69, 9.17) is 16.3 Å². The Balaban J connectivity index is 2.37. The number of benzene rings is 1. The third-order valence-corrected chi connectivity index (χ3v) is 3.26. The molecule has 1 heterocycles. The van der Waals surface area contributed by atoms with Gasteiger partial charge in [0.15, 0.2) is 0 Å². The van der Waals surface area contributed by atoms with Crippen molar-refractivity contribution in [2.24, 2.45) is 0 Å². The summed E-state index contributed by atoms with van der Waals surface area (Å²) in [6.07, 6.45) is 0.675. The quantitative estimate of drug-likeness (QED) is 0.815. The van der Waals surface area contributed by atoms with E-state index in [2.05, 4.69) is 5.10 Å². The van der Waals surface area contributed by atoms with Crippen LogP contribution in [0.25, 0.3) is 0 Å². The van der Waals surface area contributed by atoms with Crippen LogP contribution in [0.1, 0.15) is 31.1 Å². The number of aromatic nitrogens is 2. The van der Waals surface area contributed by atoms with E-state index in [1.54, 1.807) is 6.92 Å². The Kier molecular flexibility index (Phi) is 4.75. The Bertz CT molecular complexity index is 698. The van der Waals surface area contributed by atoms with Crippen LogP contribution in [0.2, 0.25) is 5.02 Å². The summed E-state index contributed by atoms with van der Waals surface area (Å²) in [6, 6.07) is 9.48. The molecule has 6 heteroatoms. The second kappa shape index (κ2) is 6.54. The van der Waals surface area contributed by atoms with E-state index in [1.807, 2.05) is 30.3 Å². The van der Waals surface area contributed by atoms with Gasteiger partial charge in [0.05, 0.1) is 23.3 Å². The number of carbonyl (C=O) groups excluding carboxylic acids is 1. The molecule has 0 aliphatic heterocycles. The summed E-state index contributed by atoms with van der Waals surface area (Å²) in [6.45, 7) is 3.22. The minimum absolute atomic E-state index is 0.193. The van der Waals surface area contributed by atoms with Crippen LogP contribution in [0.5, 0.6) is 0 Å². The Morgan fingerprint density at radius 2 is 2.05 bits per heavy atom. The summed E-state index contributed by atoms with van der Waals surface area (Å²) in [5.74, 6) is -0.468. The van der Waals surface area contributed by atoms with E-state index >= 15 is 0 Å². The van der Waals surface area contributed by atoms with E-state index in [1.165, 1.54) is 17.8 Å². The highest BCUT2D eigenvalue weighted by atomic mass is 35.5.